The van der Waals surface area contributed by atoms with E-state index in [1.165, 1.54) is 0 Å². The minimum atomic E-state index is -0.154. The molecule has 0 saturated carbocycles. The van der Waals surface area contributed by atoms with Gasteiger partial charge in [-0.05, 0) is 26.0 Å². The second-order valence-corrected chi connectivity index (χ2v) is 5.26. The topological polar surface area (TPSA) is 56.1 Å². The van der Waals surface area contributed by atoms with Crippen molar-refractivity contribution in [2.45, 2.75) is 26.4 Å². The van der Waals surface area contributed by atoms with Gasteiger partial charge >= 0.3 is 0 Å². The van der Waals surface area contributed by atoms with E-state index in [1.54, 1.807) is 30.1 Å². The Labute approximate surface area is 128 Å². The zero-order valence-electron chi connectivity index (χ0n) is 12.3. The largest absolute Gasteiger partial charge is 0.496 e. The monoisotopic (exact) mass is 307 g/mol. The number of methoxy groups -OCH3 is 1. The van der Waals surface area contributed by atoms with Gasteiger partial charge in [0.2, 0.25) is 0 Å². The number of nitrogens with zero attached hydrogens (tertiary/aromatic N) is 2. The van der Waals surface area contributed by atoms with Crippen molar-refractivity contribution in [2.24, 2.45) is 0 Å². The van der Waals surface area contributed by atoms with Crippen LogP contribution >= 0.6 is 11.6 Å². The number of aromatic nitrogens is 2. The molecule has 0 aliphatic rings. The van der Waals surface area contributed by atoms with Crippen LogP contribution in [0.25, 0.3) is 0 Å². The van der Waals surface area contributed by atoms with Crippen LogP contribution in [0, 0.1) is 0 Å². The first kappa shape index (κ1) is 15.4. The van der Waals surface area contributed by atoms with E-state index in [4.69, 9.17) is 16.3 Å². The van der Waals surface area contributed by atoms with Crippen LogP contribution in [-0.4, -0.2) is 16.7 Å². The van der Waals surface area contributed by atoms with E-state index < -0.39 is 0 Å². The predicted octanol–water partition coefficient (Wildman–Crippen LogP) is 3.10. The number of hydrogen-bond acceptors (Lipinski definition) is 4. The van der Waals surface area contributed by atoms with Gasteiger partial charge in [-0.3, -0.25) is 4.79 Å². The lowest BCUT2D eigenvalue weighted by molar-refractivity contribution is 0.410. The summed E-state index contributed by atoms with van der Waals surface area (Å²) < 4.78 is 6.90. The molecule has 1 heterocycles. The Kier molecular flexibility index (Phi) is 4.85. The molecule has 6 heteroatoms. The highest BCUT2D eigenvalue weighted by Gasteiger charge is 2.10. The molecule has 1 N–H and O–H groups in total. The molecular formula is C15H18ClN3O2. The summed E-state index contributed by atoms with van der Waals surface area (Å²) in [5.74, 6) is 0.975. The van der Waals surface area contributed by atoms with Crippen molar-refractivity contribution in [3.05, 3.63) is 51.5 Å². The average molecular weight is 308 g/mol. The Morgan fingerprint density at radius 2 is 2.19 bits per heavy atom. The smallest absolute Gasteiger partial charge is 0.293 e. The van der Waals surface area contributed by atoms with Crippen LogP contribution in [0.1, 0.15) is 25.5 Å². The summed E-state index contributed by atoms with van der Waals surface area (Å²) in [6.07, 6.45) is 3.28. The lowest BCUT2D eigenvalue weighted by Gasteiger charge is -2.13. The standard InChI is InChI=1S/C15H18ClN3O2/c1-10(2)19-8-7-17-14(15(19)20)18-9-11-12(16)5-4-6-13(11)21-3/h4-8,10H,9H2,1-3H3,(H,17,18). The highest BCUT2D eigenvalue weighted by Crippen LogP contribution is 2.26. The van der Waals surface area contributed by atoms with E-state index in [1.807, 2.05) is 26.0 Å². The maximum atomic E-state index is 12.2. The van der Waals surface area contributed by atoms with Crippen molar-refractivity contribution in [1.29, 1.82) is 0 Å². The molecule has 0 fully saturated rings. The molecule has 21 heavy (non-hydrogen) atoms. The van der Waals surface area contributed by atoms with Crippen LogP contribution in [0.5, 0.6) is 5.75 Å². The molecule has 0 bridgehead atoms. The first-order chi connectivity index (χ1) is 10.0. The van der Waals surface area contributed by atoms with Gasteiger partial charge in [-0.25, -0.2) is 4.98 Å². The molecule has 2 aromatic rings. The van der Waals surface area contributed by atoms with E-state index in [2.05, 4.69) is 10.3 Å². The highest BCUT2D eigenvalue weighted by molar-refractivity contribution is 6.31. The lowest BCUT2D eigenvalue weighted by atomic mass is 10.2. The Balaban J connectivity index is 2.26. The number of benzene rings is 1. The van der Waals surface area contributed by atoms with Crippen LogP contribution in [0.3, 0.4) is 0 Å². The summed E-state index contributed by atoms with van der Waals surface area (Å²) >= 11 is 6.17. The van der Waals surface area contributed by atoms with E-state index in [0.717, 1.165) is 5.56 Å². The van der Waals surface area contributed by atoms with E-state index in [-0.39, 0.29) is 11.6 Å². The number of halogens is 1. The summed E-state index contributed by atoms with van der Waals surface area (Å²) in [6, 6.07) is 5.51. The summed E-state index contributed by atoms with van der Waals surface area (Å²) in [5.41, 5.74) is 0.640. The number of hydrogen-bond donors (Lipinski definition) is 1. The first-order valence-corrected chi connectivity index (χ1v) is 7.04. The van der Waals surface area contributed by atoms with Crippen molar-refractivity contribution in [1.82, 2.24) is 9.55 Å². The molecule has 0 aliphatic carbocycles. The number of nitrogens with one attached hydrogen (secondary N) is 1. The Hall–Kier alpha value is -2.01. The molecule has 1 aromatic carbocycles. The molecule has 112 valence electrons. The SMILES string of the molecule is COc1cccc(Cl)c1CNc1nccn(C(C)C)c1=O. The summed E-state index contributed by atoms with van der Waals surface area (Å²) in [7, 11) is 1.58. The van der Waals surface area contributed by atoms with Crippen LogP contribution in [-0.2, 0) is 6.54 Å². The van der Waals surface area contributed by atoms with Gasteiger partial charge in [0.05, 0.1) is 7.11 Å². The van der Waals surface area contributed by atoms with Gasteiger partial charge in [0.1, 0.15) is 5.75 Å². The van der Waals surface area contributed by atoms with E-state index in [9.17, 15) is 4.79 Å². The van der Waals surface area contributed by atoms with Crippen LogP contribution in [0.4, 0.5) is 5.82 Å². The number of rotatable bonds is 5. The third-order valence-corrected chi connectivity index (χ3v) is 3.51. The summed E-state index contributed by atoms with van der Waals surface area (Å²) in [4.78, 5) is 16.3. The van der Waals surface area contributed by atoms with Crippen molar-refractivity contribution in [3.63, 3.8) is 0 Å². The molecule has 0 saturated heterocycles. The highest BCUT2D eigenvalue weighted by atomic mass is 35.5. The average Bonchev–Trinajstić information content (AvgIpc) is 2.46. The normalized spacial score (nSPS) is 10.7. The van der Waals surface area contributed by atoms with E-state index in [0.29, 0.717) is 23.1 Å². The Morgan fingerprint density at radius 1 is 1.43 bits per heavy atom. The van der Waals surface area contributed by atoms with Crippen molar-refractivity contribution in [3.8, 4) is 5.75 Å². The quantitative estimate of drug-likeness (QED) is 0.922. The number of anilines is 1. The molecule has 0 aliphatic heterocycles. The van der Waals surface area contributed by atoms with Gasteiger partial charge in [-0.15, -0.1) is 0 Å². The van der Waals surface area contributed by atoms with Crippen LogP contribution in [0.15, 0.2) is 35.4 Å². The van der Waals surface area contributed by atoms with Gasteiger partial charge in [0, 0.05) is 35.6 Å². The van der Waals surface area contributed by atoms with Gasteiger partial charge in [0.25, 0.3) is 5.56 Å². The fourth-order valence-corrected chi connectivity index (χ4v) is 2.26. The molecule has 0 radical (unpaired) electrons. The van der Waals surface area contributed by atoms with Gasteiger partial charge < -0.3 is 14.6 Å². The summed E-state index contributed by atoms with van der Waals surface area (Å²) in [6.45, 7) is 4.26. The molecule has 0 unspecified atom stereocenters. The molecule has 0 amide bonds. The molecule has 0 atom stereocenters. The van der Waals surface area contributed by atoms with Crippen LogP contribution < -0.4 is 15.6 Å². The molecular weight excluding hydrogens is 290 g/mol. The number of ether oxygens (including phenoxy) is 1. The van der Waals surface area contributed by atoms with Gasteiger partial charge in [-0.1, -0.05) is 17.7 Å². The molecule has 5 nitrogen and oxygen atoms in total. The first-order valence-electron chi connectivity index (χ1n) is 6.67. The van der Waals surface area contributed by atoms with Crippen LogP contribution in [0.2, 0.25) is 5.02 Å². The third-order valence-electron chi connectivity index (χ3n) is 3.15. The minimum absolute atomic E-state index is 0.0795. The maximum Gasteiger partial charge on any atom is 0.293 e. The molecule has 1 aromatic heterocycles. The maximum absolute atomic E-state index is 12.2. The Bertz CT molecular complexity index is 683. The molecule has 2 rings (SSSR count). The lowest BCUT2D eigenvalue weighted by Crippen LogP contribution is -2.25. The van der Waals surface area contributed by atoms with Crippen molar-refractivity contribution >= 4 is 17.4 Å². The zero-order chi connectivity index (χ0) is 15.4. The summed E-state index contributed by atoms with van der Waals surface area (Å²) in [5, 5.41) is 3.62. The van der Waals surface area contributed by atoms with Gasteiger partial charge in [0.15, 0.2) is 5.82 Å². The minimum Gasteiger partial charge on any atom is -0.496 e. The second-order valence-electron chi connectivity index (χ2n) is 4.86. The Morgan fingerprint density at radius 3 is 2.86 bits per heavy atom. The fraction of sp³-hybridized carbons (Fsp3) is 0.333. The van der Waals surface area contributed by atoms with Crippen molar-refractivity contribution < 1.29 is 4.74 Å². The molecule has 0 spiro atoms. The fourth-order valence-electron chi connectivity index (χ4n) is 2.03. The van der Waals surface area contributed by atoms with Crippen molar-refractivity contribution in [2.75, 3.05) is 12.4 Å². The zero-order valence-corrected chi connectivity index (χ0v) is 13.0. The van der Waals surface area contributed by atoms with Gasteiger partial charge in [-0.2, -0.15) is 0 Å². The second kappa shape index (κ2) is 6.63. The third kappa shape index (κ3) is 3.36. The van der Waals surface area contributed by atoms with E-state index >= 15 is 0 Å². The predicted molar refractivity (Wildman–Crippen MR) is 84.2 cm³/mol.